The number of nitrogens with two attached hydrogens (primary N) is 1. The lowest BCUT2D eigenvalue weighted by molar-refractivity contribution is 0.609. The quantitative estimate of drug-likeness (QED) is 0.569. The molecule has 0 unspecified atom stereocenters. The van der Waals surface area contributed by atoms with Crippen molar-refractivity contribution in [3.8, 4) is 0 Å². The smallest absolute Gasteiger partial charge is 0.205 e. The molecule has 0 saturated heterocycles. The minimum Gasteiger partial charge on any atom is -0.464 e. The second kappa shape index (κ2) is 4.69. The largest absolute Gasteiger partial charge is 0.464 e. The van der Waals surface area contributed by atoms with E-state index in [9.17, 15) is 4.39 Å². The fourth-order valence-corrected chi connectivity index (χ4v) is 2.21. The molecule has 5 nitrogen and oxygen atoms in total. The van der Waals surface area contributed by atoms with Gasteiger partial charge >= 0.3 is 0 Å². The van der Waals surface area contributed by atoms with Gasteiger partial charge in [-0.05, 0) is 18.2 Å². The summed E-state index contributed by atoms with van der Waals surface area (Å²) in [7, 11) is 0. The molecular formula is C12H9FN4OS. The predicted molar refractivity (Wildman–Crippen MR) is 73.9 cm³/mol. The van der Waals surface area contributed by atoms with Crippen molar-refractivity contribution in [3.05, 3.63) is 41.2 Å². The summed E-state index contributed by atoms with van der Waals surface area (Å²) in [5.74, 6) is 0.0592. The summed E-state index contributed by atoms with van der Waals surface area (Å²) in [5.41, 5.74) is 9.16. The van der Waals surface area contributed by atoms with Crippen LogP contribution in [-0.4, -0.2) is 11.2 Å². The molecule has 96 valence electrons. The Bertz CT molecular complexity index is 749. The first-order valence-corrected chi connectivity index (χ1v) is 6.28. The maximum absolute atomic E-state index is 13.7. The van der Waals surface area contributed by atoms with Gasteiger partial charge in [0.15, 0.2) is 0 Å². The van der Waals surface area contributed by atoms with Gasteiger partial charge in [-0.1, -0.05) is 0 Å². The summed E-state index contributed by atoms with van der Waals surface area (Å²) >= 11 is 1.32. The van der Waals surface area contributed by atoms with Crippen LogP contribution in [0.3, 0.4) is 0 Å². The lowest BCUT2D eigenvalue weighted by Crippen LogP contribution is -1.94. The van der Waals surface area contributed by atoms with Gasteiger partial charge in [0.2, 0.25) is 5.13 Å². The topological polar surface area (TPSA) is 76.4 Å². The summed E-state index contributed by atoms with van der Waals surface area (Å²) in [6.07, 6.45) is 2.90. The van der Waals surface area contributed by atoms with Gasteiger partial charge in [-0.15, -0.1) is 11.3 Å². The Balaban J connectivity index is 1.88. The number of hydrazone groups is 1. The van der Waals surface area contributed by atoms with E-state index in [2.05, 4.69) is 15.5 Å². The lowest BCUT2D eigenvalue weighted by atomic mass is 10.1. The summed E-state index contributed by atoms with van der Waals surface area (Å²) in [6.45, 7) is 0. The number of fused-ring (bicyclic) bond motifs is 1. The van der Waals surface area contributed by atoms with Crippen LogP contribution in [0.1, 0.15) is 5.56 Å². The van der Waals surface area contributed by atoms with Gasteiger partial charge in [-0.2, -0.15) is 5.10 Å². The lowest BCUT2D eigenvalue weighted by Gasteiger charge is -1.98. The Morgan fingerprint density at radius 1 is 1.42 bits per heavy atom. The molecular weight excluding hydrogens is 267 g/mol. The summed E-state index contributed by atoms with van der Waals surface area (Å²) in [4.78, 5) is 3.98. The van der Waals surface area contributed by atoms with E-state index in [1.54, 1.807) is 17.5 Å². The van der Waals surface area contributed by atoms with Gasteiger partial charge in [-0.3, -0.25) is 5.43 Å². The van der Waals surface area contributed by atoms with Crippen molar-refractivity contribution in [2.24, 2.45) is 5.10 Å². The fraction of sp³-hybridized carbons (Fsp3) is 0. The van der Waals surface area contributed by atoms with Crippen LogP contribution in [0.5, 0.6) is 0 Å². The van der Waals surface area contributed by atoms with Gasteiger partial charge in [0, 0.05) is 16.3 Å². The van der Waals surface area contributed by atoms with E-state index in [-0.39, 0.29) is 5.82 Å². The van der Waals surface area contributed by atoms with Gasteiger partial charge in [0.25, 0.3) is 0 Å². The van der Waals surface area contributed by atoms with Crippen LogP contribution in [0.2, 0.25) is 0 Å². The third kappa shape index (κ3) is 2.27. The van der Waals surface area contributed by atoms with Gasteiger partial charge in [-0.25, -0.2) is 9.37 Å². The van der Waals surface area contributed by atoms with Crippen molar-refractivity contribution in [2.75, 3.05) is 11.2 Å². The van der Waals surface area contributed by atoms with Crippen molar-refractivity contribution in [2.45, 2.75) is 0 Å². The number of nitrogens with one attached hydrogen (secondary N) is 1. The van der Waals surface area contributed by atoms with Crippen LogP contribution in [0.15, 0.2) is 39.4 Å². The Labute approximate surface area is 111 Å². The van der Waals surface area contributed by atoms with Crippen molar-refractivity contribution in [3.63, 3.8) is 0 Å². The van der Waals surface area contributed by atoms with Crippen LogP contribution in [0, 0.1) is 5.82 Å². The molecule has 19 heavy (non-hydrogen) atoms. The van der Waals surface area contributed by atoms with Gasteiger partial charge in [0.05, 0.1) is 12.5 Å². The fourth-order valence-electron chi connectivity index (χ4n) is 1.66. The van der Waals surface area contributed by atoms with Crippen molar-refractivity contribution in [1.82, 2.24) is 4.98 Å². The predicted octanol–water partition coefficient (Wildman–Crippen LogP) is 3.06. The molecule has 3 N–H and O–H groups in total. The van der Waals surface area contributed by atoms with Gasteiger partial charge in [0.1, 0.15) is 17.2 Å². The Morgan fingerprint density at radius 2 is 2.32 bits per heavy atom. The van der Waals surface area contributed by atoms with Crippen LogP contribution in [0.25, 0.3) is 11.0 Å². The second-order valence-corrected chi connectivity index (χ2v) is 4.60. The number of furan rings is 1. The number of hydrogen-bond donors (Lipinski definition) is 2. The molecule has 0 saturated carbocycles. The number of thiazole rings is 1. The molecule has 0 radical (unpaired) electrons. The molecule has 0 atom stereocenters. The number of halogens is 1. The molecule has 0 aliphatic carbocycles. The molecule has 0 bridgehead atoms. The van der Waals surface area contributed by atoms with Gasteiger partial charge < -0.3 is 10.2 Å². The third-order valence-corrected chi connectivity index (χ3v) is 3.26. The molecule has 0 fully saturated rings. The Kier molecular flexibility index (Phi) is 2.88. The molecule has 3 rings (SSSR count). The summed E-state index contributed by atoms with van der Waals surface area (Å²) < 4.78 is 18.9. The van der Waals surface area contributed by atoms with E-state index in [0.717, 1.165) is 0 Å². The zero-order valence-electron chi connectivity index (χ0n) is 9.63. The number of benzene rings is 1. The average molecular weight is 276 g/mol. The van der Waals surface area contributed by atoms with E-state index in [0.29, 0.717) is 27.5 Å². The first kappa shape index (κ1) is 11.7. The highest BCUT2D eigenvalue weighted by molar-refractivity contribution is 7.14. The minimum absolute atomic E-state index is 0.363. The minimum atomic E-state index is -0.363. The Hall–Kier alpha value is -2.41. The van der Waals surface area contributed by atoms with E-state index >= 15 is 0 Å². The highest BCUT2D eigenvalue weighted by Gasteiger charge is 2.07. The van der Waals surface area contributed by atoms with Crippen LogP contribution in [-0.2, 0) is 0 Å². The molecule has 2 aromatic heterocycles. The summed E-state index contributed by atoms with van der Waals surface area (Å²) in [6, 6.07) is 4.62. The van der Waals surface area contributed by atoms with E-state index in [1.807, 2.05) is 0 Å². The first-order valence-electron chi connectivity index (χ1n) is 5.40. The summed E-state index contributed by atoms with van der Waals surface area (Å²) in [5, 5.41) is 6.86. The molecule has 7 heteroatoms. The number of nitrogen functional groups attached to an aromatic ring is 1. The molecule has 0 aliphatic rings. The normalized spacial score (nSPS) is 11.4. The number of hydrogen-bond acceptors (Lipinski definition) is 6. The van der Waals surface area contributed by atoms with Crippen molar-refractivity contribution in [1.29, 1.82) is 0 Å². The molecule has 0 aliphatic heterocycles. The van der Waals surface area contributed by atoms with Crippen LogP contribution < -0.4 is 11.2 Å². The standard InChI is InChI=1S/C12H9FN4OS/c13-9-1-2-10-7(3-4-18-10)8(9)5-15-17-12-16-11(14)6-19-12/h1-6H,14H2,(H,16,17). The average Bonchev–Trinajstić information content (AvgIpc) is 3.01. The number of nitrogens with zero attached hydrogens (tertiary/aromatic N) is 2. The molecule has 2 heterocycles. The maximum Gasteiger partial charge on any atom is 0.205 e. The highest BCUT2D eigenvalue weighted by Crippen LogP contribution is 2.21. The number of anilines is 2. The van der Waals surface area contributed by atoms with Crippen LogP contribution >= 0.6 is 11.3 Å². The molecule has 0 amide bonds. The van der Waals surface area contributed by atoms with E-state index in [4.69, 9.17) is 10.2 Å². The molecule has 0 spiro atoms. The zero-order chi connectivity index (χ0) is 13.2. The van der Waals surface area contributed by atoms with Crippen LogP contribution in [0.4, 0.5) is 15.3 Å². The number of rotatable bonds is 3. The van der Waals surface area contributed by atoms with Crippen molar-refractivity contribution < 1.29 is 8.81 Å². The van der Waals surface area contributed by atoms with E-state index < -0.39 is 0 Å². The van der Waals surface area contributed by atoms with E-state index in [1.165, 1.54) is 29.9 Å². The molecule has 3 aromatic rings. The third-order valence-electron chi connectivity index (χ3n) is 2.50. The number of aromatic nitrogens is 1. The SMILES string of the molecule is Nc1csc(NN=Cc2c(F)ccc3occc23)n1. The Morgan fingerprint density at radius 3 is 3.11 bits per heavy atom. The monoisotopic (exact) mass is 276 g/mol. The first-order chi connectivity index (χ1) is 9.24. The second-order valence-electron chi connectivity index (χ2n) is 3.74. The molecule has 1 aromatic carbocycles. The maximum atomic E-state index is 13.7. The zero-order valence-corrected chi connectivity index (χ0v) is 10.4. The van der Waals surface area contributed by atoms with Crippen molar-refractivity contribution >= 4 is 39.5 Å². The highest BCUT2D eigenvalue weighted by atomic mass is 32.1.